The molecule has 2 aromatic carbocycles. The summed E-state index contributed by atoms with van der Waals surface area (Å²) in [5.41, 5.74) is 2.17. The summed E-state index contributed by atoms with van der Waals surface area (Å²) in [6, 6.07) is 17.4. The summed E-state index contributed by atoms with van der Waals surface area (Å²) in [5, 5.41) is 0.735. The van der Waals surface area contributed by atoms with E-state index in [4.69, 9.17) is 25.5 Å². The van der Waals surface area contributed by atoms with Crippen LogP contribution in [0.4, 0.5) is 0 Å². The molecule has 1 fully saturated rings. The van der Waals surface area contributed by atoms with Gasteiger partial charge in [-0.1, -0.05) is 41.9 Å². The topological polar surface area (TPSA) is 55.2 Å². The van der Waals surface area contributed by atoms with E-state index < -0.39 is 0 Å². The average molecular weight is 497 g/mol. The minimum atomic E-state index is -0.101. The van der Waals surface area contributed by atoms with Crippen molar-refractivity contribution >= 4 is 17.5 Å². The largest absolute Gasteiger partial charge is 0.493 e. The Hall–Kier alpha value is -2.96. The number of amides is 1. The predicted octanol–water partition coefficient (Wildman–Crippen LogP) is 5.55. The van der Waals surface area contributed by atoms with Crippen LogP contribution in [0.5, 0.6) is 11.5 Å². The first-order chi connectivity index (χ1) is 17.0. The Kier molecular flexibility index (Phi) is 8.37. The van der Waals surface area contributed by atoms with E-state index in [0.29, 0.717) is 18.1 Å². The summed E-state index contributed by atoms with van der Waals surface area (Å²) in [5.74, 6) is 2.14. The van der Waals surface area contributed by atoms with Crippen molar-refractivity contribution in [3.8, 4) is 11.5 Å². The number of hydrogen-bond acceptors (Lipinski definition) is 5. The zero-order chi connectivity index (χ0) is 24.8. The molecule has 3 aromatic rings. The second-order valence-electron chi connectivity index (χ2n) is 9.02. The molecule has 0 saturated carbocycles. The summed E-state index contributed by atoms with van der Waals surface area (Å²) in [4.78, 5) is 17.4. The van der Waals surface area contributed by atoms with E-state index in [1.165, 1.54) is 6.26 Å². The summed E-state index contributed by atoms with van der Waals surface area (Å²) in [6.07, 6.45) is 4.21. The van der Waals surface area contributed by atoms with E-state index in [9.17, 15) is 4.79 Å². The van der Waals surface area contributed by atoms with Crippen molar-refractivity contribution < 1.29 is 18.7 Å². The quantitative estimate of drug-likeness (QED) is 0.389. The number of nitrogens with zero attached hydrogens (tertiary/aromatic N) is 2. The number of likely N-dealkylation sites (tertiary alicyclic amines) is 1. The number of likely N-dealkylation sites (N-methyl/N-ethyl adjacent to an activating group) is 1. The molecule has 0 spiro atoms. The number of carbonyl (C=O) groups is 1. The molecule has 0 N–H and O–H groups in total. The van der Waals surface area contributed by atoms with Gasteiger partial charge in [-0.15, -0.1) is 0 Å². The molecular formula is C28H33ClN2O4. The van der Waals surface area contributed by atoms with Crippen molar-refractivity contribution in [2.24, 2.45) is 5.92 Å². The Morgan fingerprint density at radius 3 is 2.46 bits per heavy atom. The predicted molar refractivity (Wildman–Crippen MR) is 137 cm³/mol. The normalized spacial score (nSPS) is 15.5. The Morgan fingerprint density at radius 2 is 1.80 bits per heavy atom. The molecule has 1 saturated heterocycles. The van der Waals surface area contributed by atoms with Crippen LogP contribution in [0.25, 0.3) is 0 Å². The van der Waals surface area contributed by atoms with Crippen molar-refractivity contribution in [1.29, 1.82) is 0 Å². The first kappa shape index (κ1) is 25.1. The van der Waals surface area contributed by atoms with Crippen molar-refractivity contribution in [3.05, 3.63) is 82.8 Å². The van der Waals surface area contributed by atoms with Gasteiger partial charge >= 0.3 is 0 Å². The van der Waals surface area contributed by atoms with Crippen LogP contribution in [0.2, 0.25) is 5.02 Å². The standard InChI is InChI=1S/C28H33ClN2O4/c1-30(28(32)26-12-7-17-35-26)24(18-21-8-4-5-10-23(21)29)20-13-15-31(16-14-20)19-22-9-6-11-25(33-2)27(22)34-3/h4-12,17,20,24H,13-16,18-19H2,1-3H3/t24-/m1/s1. The lowest BCUT2D eigenvalue weighted by molar-refractivity contribution is 0.0555. The number of hydrogen-bond donors (Lipinski definition) is 0. The van der Waals surface area contributed by atoms with Gasteiger partial charge < -0.3 is 18.8 Å². The van der Waals surface area contributed by atoms with Crippen LogP contribution in [-0.2, 0) is 13.0 Å². The maximum absolute atomic E-state index is 13.2. The van der Waals surface area contributed by atoms with Gasteiger partial charge in [0.05, 0.1) is 20.5 Å². The van der Waals surface area contributed by atoms with E-state index in [1.54, 1.807) is 26.4 Å². The second-order valence-corrected chi connectivity index (χ2v) is 9.43. The number of rotatable bonds is 9. The van der Waals surface area contributed by atoms with Crippen LogP contribution in [0.1, 0.15) is 34.5 Å². The van der Waals surface area contributed by atoms with E-state index in [1.807, 2.05) is 48.3 Å². The van der Waals surface area contributed by atoms with E-state index in [0.717, 1.165) is 60.1 Å². The van der Waals surface area contributed by atoms with Gasteiger partial charge in [-0.3, -0.25) is 9.69 Å². The molecule has 1 aliphatic heterocycles. The van der Waals surface area contributed by atoms with Crippen LogP contribution < -0.4 is 9.47 Å². The van der Waals surface area contributed by atoms with Crippen molar-refractivity contribution in [2.45, 2.75) is 31.8 Å². The number of halogens is 1. The minimum Gasteiger partial charge on any atom is -0.493 e. The van der Waals surface area contributed by atoms with Gasteiger partial charge in [-0.05, 0) is 68.1 Å². The van der Waals surface area contributed by atoms with Gasteiger partial charge in [-0.2, -0.15) is 0 Å². The lowest BCUT2D eigenvalue weighted by atomic mass is 9.84. The molecule has 7 heteroatoms. The number of ether oxygens (including phenoxy) is 2. The fraction of sp³-hybridized carbons (Fsp3) is 0.393. The van der Waals surface area contributed by atoms with Crippen molar-refractivity contribution in [3.63, 3.8) is 0 Å². The average Bonchev–Trinajstić information content (AvgIpc) is 3.43. The van der Waals surface area contributed by atoms with Gasteiger partial charge in [0.15, 0.2) is 17.3 Å². The van der Waals surface area contributed by atoms with Gasteiger partial charge in [0.2, 0.25) is 0 Å². The minimum absolute atomic E-state index is 0.0148. The molecule has 0 bridgehead atoms. The third-order valence-corrected chi connectivity index (χ3v) is 7.36. The molecule has 1 atom stereocenters. The Balaban J connectivity index is 1.48. The molecule has 1 aromatic heterocycles. The highest BCUT2D eigenvalue weighted by Crippen LogP contribution is 2.34. The van der Waals surface area contributed by atoms with Crippen LogP contribution in [-0.4, -0.2) is 56.1 Å². The first-order valence-corrected chi connectivity index (χ1v) is 12.4. The van der Waals surface area contributed by atoms with Crippen LogP contribution >= 0.6 is 11.6 Å². The maximum Gasteiger partial charge on any atom is 0.289 e. The summed E-state index contributed by atoms with van der Waals surface area (Å²) in [7, 11) is 5.21. The lowest BCUT2D eigenvalue weighted by Gasteiger charge is -2.40. The molecule has 1 aliphatic rings. The van der Waals surface area contributed by atoms with Crippen LogP contribution in [0.3, 0.4) is 0 Å². The summed E-state index contributed by atoms with van der Waals surface area (Å²) in [6.45, 7) is 2.67. The van der Waals surface area contributed by atoms with Gasteiger partial charge in [0.1, 0.15) is 0 Å². The van der Waals surface area contributed by atoms with Crippen LogP contribution in [0, 0.1) is 5.92 Å². The number of methoxy groups -OCH3 is 2. The Morgan fingerprint density at radius 1 is 1.06 bits per heavy atom. The third kappa shape index (κ3) is 5.82. The van der Waals surface area contributed by atoms with E-state index in [2.05, 4.69) is 11.0 Å². The molecule has 186 valence electrons. The van der Waals surface area contributed by atoms with Gasteiger partial charge in [0, 0.05) is 30.2 Å². The third-order valence-electron chi connectivity index (χ3n) is 6.99. The monoisotopic (exact) mass is 496 g/mol. The number of benzene rings is 2. The molecule has 4 rings (SSSR count). The molecule has 0 aliphatic carbocycles. The summed E-state index contributed by atoms with van der Waals surface area (Å²) >= 11 is 6.51. The Labute approximate surface area is 212 Å². The number of para-hydroxylation sites is 1. The fourth-order valence-corrected chi connectivity index (χ4v) is 5.26. The summed E-state index contributed by atoms with van der Waals surface area (Å²) < 4.78 is 16.5. The molecule has 2 heterocycles. The van der Waals surface area contributed by atoms with Crippen LogP contribution in [0.15, 0.2) is 65.3 Å². The van der Waals surface area contributed by atoms with E-state index >= 15 is 0 Å². The first-order valence-electron chi connectivity index (χ1n) is 12.0. The number of furan rings is 1. The molecule has 0 unspecified atom stereocenters. The highest BCUT2D eigenvalue weighted by molar-refractivity contribution is 6.31. The SMILES string of the molecule is COc1cccc(CN2CCC([C@@H](Cc3ccccc3Cl)N(C)C(=O)c3ccco3)CC2)c1OC. The number of carbonyl (C=O) groups excluding carboxylic acids is 1. The zero-order valence-corrected chi connectivity index (χ0v) is 21.3. The Bertz CT molecular complexity index is 1110. The van der Waals surface area contributed by atoms with Gasteiger partial charge in [-0.25, -0.2) is 0 Å². The molecule has 1 amide bonds. The van der Waals surface area contributed by atoms with E-state index in [-0.39, 0.29) is 11.9 Å². The second kappa shape index (κ2) is 11.6. The maximum atomic E-state index is 13.2. The molecular weight excluding hydrogens is 464 g/mol. The van der Waals surface area contributed by atoms with Crippen molar-refractivity contribution in [2.75, 3.05) is 34.4 Å². The zero-order valence-electron chi connectivity index (χ0n) is 20.6. The number of piperidine rings is 1. The molecule has 6 nitrogen and oxygen atoms in total. The van der Waals surface area contributed by atoms with Gasteiger partial charge in [0.25, 0.3) is 5.91 Å². The highest BCUT2D eigenvalue weighted by Gasteiger charge is 2.33. The molecule has 0 radical (unpaired) electrons. The molecule has 35 heavy (non-hydrogen) atoms. The lowest BCUT2D eigenvalue weighted by Crippen LogP contribution is -2.47. The fourth-order valence-electron chi connectivity index (χ4n) is 5.05. The van der Waals surface area contributed by atoms with Crippen molar-refractivity contribution in [1.82, 2.24) is 9.80 Å². The smallest absolute Gasteiger partial charge is 0.289 e. The highest BCUT2D eigenvalue weighted by atomic mass is 35.5.